The highest BCUT2D eigenvalue weighted by molar-refractivity contribution is 7.50. The molecule has 0 atom stereocenters. The fraction of sp³-hybridized carbons (Fsp3) is 0. The lowest BCUT2D eigenvalue weighted by Gasteiger charge is -1.94. The van der Waals surface area contributed by atoms with Crippen molar-refractivity contribution in [3.8, 4) is 4.90 Å². The molecule has 0 spiro atoms. The lowest BCUT2D eigenvalue weighted by atomic mass is 10.1. The molecular weight excluding hydrogens is 355 g/mol. The minimum atomic E-state index is -0.141. The first-order chi connectivity index (χ1) is 10.6. The van der Waals surface area contributed by atoms with Gasteiger partial charge in [-0.1, -0.05) is 34.8 Å². The zero-order valence-corrected chi connectivity index (χ0v) is 14.4. The Balaban J connectivity index is 2.17. The summed E-state index contributed by atoms with van der Waals surface area (Å²) < 4.78 is 2.56. The summed E-state index contributed by atoms with van der Waals surface area (Å²) in [5.74, 6) is 0. The van der Waals surface area contributed by atoms with Gasteiger partial charge in [0.1, 0.15) is 0 Å². The van der Waals surface area contributed by atoms with Crippen molar-refractivity contribution in [1.29, 1.82) is 0 Å². The van der Waals surface area contributed by atoms with Crippen LogP contribution in [0.3, 0.4) is 0 Å². The third-order valence-electron chi connectivity index (χ3n) is 3.66. The number of halogens is 3. The maximum absolute atomic E-state index is 6.20. The number of hydrogen-bond acceptors (Lipinski definition) is 0. The molecule has 0 bridgehead atoms. The van der Waals surface area contributed by atoms with Crippen LogP contribution in [-0.4, -0.2) is 0 Å². The van der Waals surface area contributed by atoms with E-state index in [1.165, 1.54) is 25.1 Å². The van der Waals surface area contributed by atoms with E-state index in [1.807, 2.05) is 36.4 Å². The molecule has 22 heavy (non-hydrogen) atoms. The SMILES string of the molecule is Clc1ccc(-[s+]2c3ccc(Cl)cc3c3cc(Cl)ccc32)cc1. The Hall–Kier alpha value is -1.25. The molecule has 0 unspecified atom stereocenters. The first-order valence-corrected chi connectivity index (χ1v) is 9.09. The summed E-state index contributed by atoms with van der Waals surface area (Å²) in [5.41, 5.74) is 0. The second-order valence-corrected chi connectivity index (χ2v) is 8.31. The van der Waals surface area contributed by atoms with Gasteiger partial charge in [-0.15, -0.1) is 0 Å². The van der Waals surface area contributed by atoms with Crippen molar-refractivity contribution in [1.82, 2.24) is 0 Å². The van der Waals surface area contributed by atoms with Crippen molar-refractivity contribution in [2.24, 2.45) is 0 Å². The van der Waals surface area contributed by atoms with Gasteiger partial charge in [0.05, 0.1) is 0 Å². The highest BCUT2D eigenvalue weighted by Crippen LogP contribution is 2.49. The fourth-order valence-corrected chi connectivity index (χ4v) is 5.53. The van der Waals surface area contributed by atoms with Gasteiger partial charge in [-0.2, -0.15) is 0 Å². The molecule has 3 aromatic carbocycles. The Kier molecular flexibility index (Phi) is 3.54. The number of benzene rings is 3. The summed E-state index contributed by atoms with van der Waals surface area (Å²) in [4.78, 5) is 1.24. The average molecular weight is 365 g/mol. The van der Waals surface area contributed by atoms with Gasteiger partial charge in [-0.25, -0.2) is 0 Å². The zero-order valence-electron chi connectivity index (χ0n) is 11.3. The minimum absolute atomic E-state index is 0.141. The molecule has 0 nitrogen and oxygen atoms in total. The molecule has 1 heterocycles. The van der Waals surface area contributed by atoms with Crippen molar-refractivity contribution >= 4 is 65.4 Å². The molecule has 0 aliphatic carbocycles. The summed E-state index contributed by atoms with van der Waals surface area (Å²) in [6.07, 6.45) is 0. The Morgan fingerprint density at radius 2 is 1.00 bits per heavy atom. The van der Waals surface area contributed by atoms with Crippen molar-refractivity contribution in [3.63, 3.8) is 0 Å². The van der Waals surface area contributed by atoms with Crippen LogP contribution in [0.1, 0.15) is 0 Å². The molecule has 0 radical (unpaired) electrons. The summed E-state index contributed by atoms with van der Waals surface area (Å²) in [6, 6.07) is 20.2. The number of hydrogen-bond donors (Lipinski definition) is 0. The lowest BCUT2D eigenvalue weighted by molar-refractivity contribution is 1.76. The second-order valence-electron chi connectivity index (χ2n) is 5.04. The largest absolute Gasteiger partial charge is 0.187 e. The molecule has 0 saturated heterocycles. The van der Waals surface area contributed by atoms with E-state index in [4.69, 9.17) is 34.8 Å². The van der Waals surface area contributed by atoms with E-state index < -0.39 is 0 Å². The van der Waals surface area contributed by atoms with Gasteiger partial charge in [0, 0.05) is 48.4 Å². The first kappa shape index (κ1) is 14.3. The average Bonchev–Trinajstić information content (AvgIpc) is 2.81. The molecule has 0 fully saturated rings. The second kappa shape index (κ2) is 5.43. The van der Waals surface area contributed by atoms with Gasteiger partial charge in [-0.3, -0.25) is 0 Å². The fourth-order valence-electron chi connectivity index (χ4n) is 2.72. The molecule has 0 N–H and O–H groups in total. The van der Waals surface area contributed by atoms with E-state index in [0.29, 0.717) is 0 Å². The Morgan fingerprint density at radius 1 is 0.545 bits per heavy atom. The van der Waals surface area contributed by atoms with Gasteiger partial charge < -0.3 is 0 Å². The summed E-state index contributed by atoms with van der Waals surface area (Å²) in [6.45, 7) is 0. The summed E-state index contributed by atoms with van der Waals surface area (Å²) in [5, 5.41) is 4.57. The number of fused-ring (bicyclic) bond motifs is 3. The number of rotatable bonds is 1. The van der Waals surface area contributed by atoms with Crippen LogP contribution >= 0.6 is 45.3 Å². The Morgan fingerprint density at radius 3 is 1.50 bits per heavy atom. The molecule has 0 aliphatic rings. The predicted octanol–water partition coefficient (Wildman–Crippen LogP) is 7.69. The molecule has 0 amide bonds. The summed E-state index contributed by atoms with van der Waals surface area (Å²) in [7, 11) is -0.141. The van der Waals surface area contributed by atoms with E-state index in [0.717, 1.165) is 15.1 Å². The minimum Gasteiger partial charge on any atom is -0.0843 e. The van der Waals surface area contributed by atoms with Crippen molar-refractivity contribution in [2.45, 2.75) is 0 Å². The quantitative estimate of drug-likeness (QED) is 0.304. The van der Waals surface area contributed by atoms with Gasteiger partial charge in [-0.05, 0) is 48.5 Å². The predicted molar refractivity (Wildman–Crippen MR) is 100 cm³/mol. The van der Waals surface area contributed by atoms with E-state index >= 15 is 0 Å². The standard InChI is InChI=1S/C18H10Cl3S/c19-11-1-5-14(6-2-11)22-17-7-3-12(20)9-15(17)16-10-13(21)4-8-18(16)22/h1-10H/q+1. The molecule has 0 aliphatic heterocycles. The van der Waals surface area contributed by atoms with E-state index in [-0.39, 0.29) is 10.5 Å². The molecule has 1 aromatic heterocycles. The van der Waals surface area contributed by atoms with E-state index in [1.54, 1.807) is 0 Å². The van der Waals surface area contributed by atoms with Gasteiger partial charge >= 0.3 is 0 Å². The highest BCUT2D eigenvalue weighted by atomic mass is 35.5. The van der Waals surface area contributed by atoms with Crippen LogP contribution in [-0.2, 0) is 0 Å². The third kappa shape index (κ3) is 2.29. The Bertz CT molecular complexity index is 941. The maximum Gasteiger partial charge on any atom is 0.187 e. The number of thiophene rings is 1. The van der Waals surface area contributed by atoms with Crippen LogP contribution in [0.15, 0.2) is 60.7 Å². The van der Waals surface area contributed by atoms with Crippen molar-refractivity contribution in [3.05, 3.63) is 75.7 Å². The van der Waals surface area contributed by atoms with Gasteiger partial charge in [0.25, 0.3) is 0 Å². The molecular formula is C18H10Cl3S+. The van der Waals surface area contributed by atoms with Gasteiger partial charge in [0.15, 0.2) is 14.3 Å². The molecule has 108 valence electrons. The zero-order chi connectivity index (χ0) is 15.3. The Labute approximate surface area is 145 Å². The smallest absolute Gasteiger partial charge is 0.0843 e. The maximum atomic E-state index is 6.20. The van der Waals surface area contributed by atoms with Crippen LogP contribution in [0.25, 0.3) is 25.1 Å². The van der Waals surface area contributed by atoms with Crippen molar-refractivity contribution < 1.29 is 0 Å². The normalized spacial score (nSPS) is 11.4. The molecule has 4 aromatic rings. The van der Waals surface area contributed by atoms with Crippen molar-refractivity contribution in [2.75, 3.05) is 0 Å². The van der Waals surface area contributed by atoms with Crippen LogP contribution in [0.5, 0.6) is 0 Å². The summed E-state index contributed by atoms with van der Waals surface area (Å²) >= 11 is 18.4. The third-order valence-corrected chi connectivity index (χ3v) is 6.72. The van der Waals surface area contributed by atoms with Gasteiger partial charge in [0.2, 0.25) is 0 Å². The van der Waals surface area contributed by atoms with E-state index in [2.05, 4.69) is 24.3 Å². The highest BCUT2D eigenvalue weighted by Gasteiger charge is 2.23. The molecule has 0 saturated carbocycles. The lowest BCUT2D eigenvalue weighted by Crippen LogP contribution is -1.70. The first-order valence-electron chi connectivity index (χ1n) is 6.73. The van der Waals surface area contributed by atoms with E-state index in [9.17, 15) is 0 Å². The molecule has 4 rings (SSSR count). The van der Waals surface area contributed by atoms with Crippen LogP contribution in [0.4, 0.5) is 0 Å². The van der Waals surface area contributed by atoms with Crippen LogP contribution in [0.2, 0.25) is 15.1 Å². The monoisotopic (exact) mass is 363 g/mol. The van der Waals surface area contributed by atoms with Crippen LogP contribution in [0, 0.1) is 0 Å². The topological polar surface area (TPSA) is 0 Å². The van der Waals surface area contributed by atoms with Crippen LogP contribution < -0.4 is 0 Å². The molecule has 4 heteroatoms.